The van der Waals surface area contributed by atoms with Gasteiger partial charge in [0.15, 0.2) is 0 Å². The van der Waals surface area contributed by atoms with Crippen molar-refractivity contribution >= 4 is 22.4 Å². The van der Waals surface area contributed by atoms with Crippen LogP contribution in [0.4, 0.5) is 11.5 Å². The van der Waals surface area contributed by atoms with Crippen LogP contribution in [0.25, 0.3) is 10.9 Å². The molecule has 7 heteroatoms. The number of benzene rings is 2. The van der Waals surface area contributed by atoms with Crippen molar-refractivity contribution < 1.29 is 10.0 Å². The molecule has 0 spiro atoms. The van der Waals surface area contributed by atoms with Crippen LogP contribution in [0.5, 0.6) is 5.75 Å². The molecular weight excluding hydrogens is 368 g/mol. The van der Waals surface area contributed by atoms with Gasteiger partial charge in [-0.1, -0.05) is 24.3 Å². The van der Waals surface area contributed by atoms with Crippen LogP contribution >= 0.6 is 0 Å². The van der Waals surface area contributed by atoms with Gasteiger partial charge in [-0.2, -0.15) is 0 Å². The number of non-ortho nitro benzene ring substituents is 1. The molecule has 0 bridgehead atoms. The molecule has 2 aromatic heterocycles. The summed E-state index contributed by atoms with van der Waals surface area (Å²) in [6.07, 6.45) is 0. The minimum Gasteiger partial charge on any atom is -0.506 e. The molecule has 1 unspecified atom stereocenters. The maximum Gasteiger partial charge on any atom is 0.269 e. The van der Waals surface area contributed by atoms with Crippen molar-refractivity contribution in [2.75, 3.05) is 5.32 Å². The molecule has 0 saturated carbocycles. The minimum absolute atomic E-state index is 0.0188. The Labute approximate surface area is 166 Å². The topological polar surface area (TPSA) is 101 Å². The lowest BCUT2D eigenvalue weighted by atomic mass is 10.0. The van der Waals surface area contributed by atoms with Gasteiger partial charge in [0.05, 0.1) is 16.7 Å². The molecule has 0 aliphatic carbocycles. The zero-order valence-corrected chi connectivity index (χ0v) is 15.6. The number of para-hydroxylation sites is 1. The number of pyridine rings is 2. The Bertz CT molecular complexity index is 1190. The summed E-state index contributed by atoms with van der Waals surface area (Å²) >= 11 is 0. The number of hydrogen-bond acceptors (Lipinski definition) is 6. The van der Waals surface area contributed by atoms with E-state index in [1.165, 1.54) is 12.1 Å². The van der Waals surface area contributed by atoms with E-state index < -0.39 is 11.0 Å². The highest BCUT2D eigenvalue weighted by Gasteiger charge is 2.19. The predicted octanol–water partition coefficient (Wildman–Crippen LogP) is 4.75. The van der Waals surface area contributed by atoms with E-state index in [1.807, 2.05) is 43.3 Å². The fraction of sp³-hybridized carbons (Fsp3) is 0.0909. The first kappa shape index (κ1) is 18.4. The number of anilines is 1. The molecule has 7 nitrogen and oxygen atoms in total. The Balaban J connectivity index is 1.81. The third-order valence-electron chi connectivity index (χ3n) is 4.63. The van der Waals surface area contributed by atoms with Gasteiger partial charge in [0.1, 0.15) is 17.1 Å². The number of hydrogen-bond donors (Lipinski definition) is 2. The van der Waals surface area contributed by atoms with E-state index in [0.717, 1.165) is 16.6 Å². The zero-order valence-electron chi connectivity index (χ0n) is 15.6. The minimum atomic E-state index is -0.430. The third-order valence-corrected chi connectivity index (χ3v) is 4.63. The fourth-order valence-electron chi connectivity index (χ4n) is 3.20. The van der Waals surface area contributed by atoms with Gasteiger partial charge in [-0.15, -0.1) is 0 Å². The van der Waals surface area contributed by atoms with Crippen molar-refractivity contribution in [2.45, 2.75) is 13.0 Å². The second-order valence-electron chi connectivity index (χ2n) is 6.68. The number of nitro groups is 1. The van der Waals surface area contributed by atoms with E-state index in [4.69, 9.17) is 0 Å². The summed E-state index contributed by atoms with van der Waals surface area (Å²) in [6, 6.07) is 20.6. The van der Waals surface area contributed by atoms with Crippen molar-refractivity contribution in [3.8, 4) is 5.75 Å². The molecule has 0 aliphatic heterocycles. The van der Waals surface area contributed by atoms with Crippen molar-refractivity contribution in [3.05, 3.63) is 99.9 Å². The first-order valence-electron chi connectivity index (χ1n) is 9.04. The Morgan fingerprint density at radius 3 is 2.45 bits per heavy atom. The monoisotopic (exact) mass is 386 g/mol. The van der Waals surface area contributed by atoms with E-state index in [-0.39, 0.29) is 11.4 Å². The van der Waals surface area contributed by atoms with Crippen LogP contribution in [0.3, 0.4) is 0 Å². The zero-order chi connectivity index (χ0) is 20.4. The van der Waals surface area contributed by atoms with E-state index in [9.17, 15) is 15.2 Å². The van der Waals surface area contributed by atoms with Gasteiger partial charge < -0.3 is 10.4 Å². The molecule has 4 aromatic rings. The number of aryl methyl sites for hydroxylation is 1. The fourth-order valence-corrected chi connectivity index (χ4v) is 3.20. The van der Waals surface area contributed by atoms with Gasteiger partial charge in [-0.05, 0) is 48.9 Å². The first-order valence-corrected chi connectivity index (χ1v) is 9.04. The van der Waals surface area contributed by atoms with Gasteiger partial charge in [0.25, 0.3) is 5.69 Å². The van der Waals surface area contributed by atoms with Crippen LogP contribution in [0.2, 0.25) is 0 Å². The lowest BCUT2D eigenvalue weighted by Crippen LogP contribution is -2.15. The SMILES string of the molecule is Cc1cccc(NC(c2ccc([N+](=O)[O-])cc2)c2ccc3cccc(O)c3n2)n1. The second-order valence-corrected chi connectivity index (χ2v) is 6.68. The van der Waals surface area contributed by atoms with Crippen LogP contribution in [0, 0.1) is 17.0 Å². The summed E-state index contributed by atoms with van der Waals surface area (Å²) in [5.74, 6) is 0.757. The summed E-state index contributed by atoms with van der Waals surface area (Å²) in [7, 11) is 0. The number of nitrogens with one attached hydrogen (secondary N) is 1. The lowest BCUT2D eigenvalue weighted by Gasteiger charge is -2.20. The third kappa shape index (κ3) is 3.84. The largest absolute Gasteiger partial charge is 0.506 e. The van der Waals surface area contributed by atoms with Gasteiger partial charge in [-0.3, -0.25) is 10.1 Å². The van der Waals surface area contributed by atoms with Crippen molar-refractivity contribution in [3.63, 3.8) is 0 Å². The van der Waals surface area contributed by atoms with Gasteiger partial charge in [-0.25, -0.2) is 9.97 Å². The highest BCUT2D eigenvalue weighted by atomic mass is 16.6. The van der Waals surface area contributed by atoms with Crippen molar-refractivity contribution in [1.29, 1.82) is 0 Å². The molecule has 1 atom stereocenters. The molecule has 4 rings (SSSR count). The van der Waals surface area contributed by atoms with Crippen LogP contribution in [0.15, 0.2) is 72.8 Å². The highest BCUT2D eigenvalue weighted by molar-refractivity contribution is 5.84. The smallest absolute Gasteiger partial charge is 0.269 e. The number of fused-ring (bicyclic) bond motifs is 1. The number of phenols is 1. The summed E-state index contributed by atoms with van der Waals surface area (Å²) in [4.78, 5) is 19.7. The van der Waals surface area contributed by atoms with E-state index in [2.05, 4.69) is 15.3 Å². The number of aromatic hydroxyl groups is 1. The molecular formula is C22H18N4O3. The van der Waals surface area contributed by atoms with Crippen LogP contribution in [0.1, 0.15) is 23.0 Å². The Kier molecular flexibility index (Phi) is 4.78. The molecule has 2 heterocycles. The quantitative estimate of drug-likeness (QED) is 0.379. The number of rotatable bonds is 5. The van der Waals surface area contributed by atoms with Gasteiger partial charge in [0.2, 0.25) is 0 Å². The van der Waals surface area contributed by atoms with E-state index >= 15 is 0 Å². The van der Waals surface area contributed by atoms with E-state index in [0.29, 0.717) is 17.0 Å². The van der Waals surface area contributed by atoms with Crippen molar-refractivity contribution in [1.82, 2.24) is 9.97 Å². The highest BCUT2D eigenvalue weighted by Crippen LogP contribution is 2.30. The Morgan fingerprint density at radius 2 is 1.72 bits per heavy atom. The maximum absolute atomic E-state index is 11.0. The average molecular weight is 386 g/mol. The predicted molar refractivity (Wildman–Crippen MR) is 111 cm³/mol. The molecule has 0 fully saturated rings. The molecule has 2 N–H and O–H groups in total. The van der Waals surface area contributed by atoms with Crippen LogP contribution < -0.4 is 5.32 Å². The maximum atomic E-state index is 11.0. The standard InChI is InChI=1S/C22H18N4O3/c1-14-4-2-7-20(23-14)25-21(16-8-11-17(12-9-16)26(28)29)18-13-10-15-5-3-6-19(27)22(15)24-18/h2-13,21,27H,1H3,(H,23,25). The van der Waals surface area contributed by atoms with Gasteiger partial charge in [0, 0.05) is 23.2 Å². The molecule has 0 aliphatic rings. The summed E-state index contributed by atoms with van der Waals surface area (Å²) < 4.78 is 0. The summed E-state index contributed by atoms with van der Waals surface area (Å²) in [5.41, 5.74) is 2.83. The molecule has 0 amide bonds. The number of nitrogens with zero attached hydrogens (tertiary/aromatic N) is 3. The summed E-state index contributed by atoms with van der Waals surface area (Å²) in [5, 5.41) is 25.4. The molecule has 144 valence electrons. The second kappa shape index (κ2) is 7.55. The average Bonchev–Trinajstić information content (AvgIpc) is 2.72. The van der Waals surface area contributed by atoms with E-state index in [1.54, 1.807) is 24.3 Å². The Morgan fingerprint density at radius 1 is 0.966 bits per heavy atom. The first-order chi connectivity index (χ1) is 14.0. The molecule has 0 radical (unpaired) electrons. The van der Waals surface area contributed by atoms with Crippen LogP contribution in [-0.4, -0.2) is 20.0 Å². The summed E-state index contributed by atoms with van der Waals surface area (Å²) in [6.45, 7) is 1.90. The molecule has 2 aromatic carbocycles. The van der Waals surface area contributed by atoms with Crippen molar-refractivity contribution in [2.24, 2.45) is 0 Å². The van der Waals surface area contributed by atoms with Crippen LogP contribution in [-0.2, 0) is 0 Å². The molecule has 0 saturated heterocycles. The number of phenolic OH excluding ortho intramolecular Hbond substituents is 1. The Hall–Kier alpha value is -4.00. The van der Waals surface area contributed by atoms with Gasteiger partial charge >= 0.3 is 0 Å². The number of nitro benzene ring substituents is 1. The normalized spacial score (nSPS) is 11.9. The number of aromatic nitrogens is 2. The molecule has 29 heavy (non-hydrogen) atoms. The lowest BCUT2D eigenvalue weighted by molar-refractivity contribution is -0.384.